The van der Waals surface area contributed by atoms with Crippen LogP contribution in [0, 0.1) is 0 Å². The molecule has 0 saturated heterocycles. The van der Waals surface area contributed by atoms with Crippen molar-refractivity contribution in [2.75, 3.05) is 12.8 Å². The van der Waals surface area contributed by atoms with E-state index in [1.54, 1.807) is 0 Å². The summed E-state index contributed by atoms with van der Waals surface area (Å²) in [7, 11) is 0. The molecule has 3 heteroatoms. The normalized spacial score (nSPS) is 28.8. The third-order valence-corrected chi connectivity index (χ3v) is 4.01. The molecule has 1 fully saturated rings. The quantitative estimate of drug-likeness (QED) is 0.837. The van der Waals surface area contributed by atoms with E-state index >= 15 is 0 Å². The van der Waals surface area contributed by atoms with Crippen molar-refractivity contribution in [2.45, 2.75) is 37.0 Å². The van der Waals surface area contributed by atoms with Gasteiger partial charge in [-0.05, 0) is 31.9 Å². The highest BCUT2D eigenvalue weighted by molar-refractivity contribution is 9.11. The lowest BCUT2D eigenvalue weighted by molar-refractivity contribution is 0.392. The van der Waals surface area contributed by atoms with Crippen molar-refractivity contribution in [1.82, 2.24) is 5.32 Å². The summed E-state index contributed by atoms with van der Waals surface area (Å²) in [4.78, 5) is 0. The molecule has 0 atom stereocenters. The van der Waals surface area contributed by atoms with E-state index in [-0.39, 0.29) is 0 Å². The lowest BCUT2D eigenvalue weighted by atomic mass is 9.95. The molecule has 1 aliphatic rings. The van der Waals surface area contributed by atoms with E-state index in [0.29, 0.717) is 0 Å². The van der Waals surface area contributed by atoms with Gasteiger partial charge in [0.05, 0.1) is 0 Å². The first-order valence-corrected chi connectivity index (χ1v) is 6.90. The fourth-order valence-electron chi connectivity index (χ4n) is 1.76. The number of halogens is 1. The second-order valence-electron chi connectivity index (χ2n) is 3.61. The minimum atomic E-state index is 0.720. The molecular formula is C10H18BrNS. The topological polar surface area (TPSA) is 12.0 Å². The molecule has 0 heterocycles. The fraction of sp³-hybridized carbons (Fsp3) is 0.800. The van der Waals surface area contributed by atoms with Crippen LogP contribution in [0.15, 0.2) is 11.1 Å². The summed E-state index contributed by atoms with van der Waals surface area (Å²) < 4.78 is 1.06. The van der Waals surface area contributed by atoms with Crippen LogP contribution in [-0.2, 0) is 0 Å². The third kappa shape index (κ3) is 4.52. The maximum absolute atomic E-state index is 3.82. The summed E-state index contributed by atoms with van der Waals surface area (Å²) in [6, 6.07) is 0.720. The summed E-state index contributed by atoms with van der Waals surface area (Å²) in [6.07, 6.45) is 7.61. The van der Waals surface area contributed by atoms with Gasteiger partial charge in [-0.25, -0.2) is 0 Å². The maximum atomic E-state index is 3.82. The summed E-state index contributed by atoms with van der Waals surface area (Å²) in [5.41, 5.74) is 0. The molecule has 0 bridgehead atoms. The summed E-state index contributed by atoms with van der Waals surface area (Å²) in [5.74, 6) is 0. The molecule has 1 nitrogen and oxygen atoms in total. The van der Waals surface area contributed by atoms with E-state index in [1.807, 2.05) is 11.8 Å². The highest BCUT2D eigenvalue weighted by Gasteiger charge is 2.19. The lowest BCUT2D eigenvalue weighted by Gasteiger charge is -2.28. The van der Waals surface area contributed by atoms with Crippen molar-refractivity contribution >= 4 is 27.7 Å². The predicted molar refractivity (Wildman–Crippen MR) is 65.6 cm³/mol. The van der Waals surface area contributed by atoms with E-state index in [1.165, 1.54) is 25.7 Å². The van der Waals surface area contributed by atoms with E-state index < -0.39 is 0 Å². The molecule has 13 heavy (non-hydrogen) atoms. The van der Waals surface area contributed by atoms with Crippen molar-refractivity contribution < 1.29 is 0 Å². The monoisotopic (exact) mass is 263 g/mol. The summed E-state index contributed by atoms with van der Waals surface area (Å²) in [5, 5.41) is 4.42. The van der Waals surface area contributed by atoms with Gasteiger partial charge in [0.25, 0.3) is 0 Å². The highest BCUT2D eigenvalue weighted by Crippen LogP contribution is 2.26. The molecule has 76 valence electrons. The van der Waals surface area contributed by atoms with Gasteiger partial charge < -0.3 is 5.32 Å². The molecule has 0 amide bonds. The molecule has 0 radical (unpaired) electrons. The lowest BCUT2D eigenvalue weighted by Crippen LogP contribution is -2.34. The third-order valence-electron chi connectivity index (χ3n) is 2.59. The predicted octanol–water partition coefficient (Wildman–Crippen LogP) is 3.16. The number of hydrogen-bond acceptors (Lipinski definition) is 2. The molecule has 0 aromatic rings. The van der Waals surface area contributed by atoms with Crippen molar-refractivity contribution in [3.63, 3.8) is 0 Å². The second kappa shape index (κ2) is 6.10. The molecule has 0 unspecified atom stereocenters. The Balaban J connectivity index is 2.14. The Bertz CT molecular complexity index is 164. The Kier molecular flexibility index (Phi) is 5.44. The van der Waals surface area contributed by atoms with Gasteiger partial charge in [-0.2, -0.15) is 11.8 Å². The van der Waals surface area contributed by atoms with Gasteiger partial charge >= 0.3 is 0 Å². The van der Waals surface area contributed by atoms with Crippen LogP contribution in [0.1, 0.15) is 25.7 Å². The zero-order valence-electron chi connectivity index (χ0n) is 8.18. The molecule has 1 rings (SSSR count). The molecule has 1 saturated carbocycles. The van der Waals surface area contributed by atoms with Crippen molar-refractivity contribution in [1.29, 1.82) is 0 Å². The van der Waals surface area contributed by atoms with Crippen LogP contribution in [-0.4, -0.2) is 24.1 Å². The Morgan fingerprint density at radius 2 is 2.08 bits per heavy atom. The largest absolute Gasteiger partial charge is 0.309 e. The van der Waals surface area contributed by atoms with Gasteiger partial charge in [-0.3, -0.25) is 0 Å². The van der Waals surface area contributed by atoms with Gasteiger partial charge in [-0.1, -0.05) is 22.5 Å². The minimum absolute atomic E-state index is 0.720. The second-order valence-corrected chi connectivity index (χ2v) is 5.87. The van der Waals surface area contributed by atoms with Gasteiger partial charge in [0.1, 0.15) is 0 Å². The van der Waals surface area contributed by atoms with Crippen LogP contribution in [0.3, 0.4) is 0 Å². The zero-order chi connectivity index (χ0) is 9.68. The Hall–Kier alpha value is 0.530. The van der Waals surface area contributed by atoms with Crippen molar-refractivity contribution in [2.24, 2.45) is 0 Å². The smallest absolute Gasteiger partial charge is 0.0268 e. The minimum Gasteiger partial charge on any atom is -0.309 e. The SMILES string of the molecule is C=C(Br)CNC1CCC(SC)CC1. The average Bonchev–Trinajstić information content (AvgIpc) is 2.15. The zero-order valence-corrected chi connectivity index (χ0v) is 10.6. The average molecular weight is 264 g/mol. The van der Waals surface area contributed by atoms with Gasteiger partial charge in [0.15, 0.2) is 0 Å². The van der Waals surface area contributed by atoms with Crippen LogP contribution in [0.25, 0.3) is 0 Å². The first kappa shape index (κ1) is 11.6. The molecule has 1 N–H and O–H groups in total. The fourth-order valence-corrected chi connectivity index (χ4v) is 2.66. The van der Waals surface area contributed by atoms with Crippen LogP contribution < -0.4 is 5.32 Å². The van der Waals surface area contributed by atoms with Crippen molar-refractivity contribution in [3.05, 3.63) is 11.1 Å². The summed E-state index contributed by atoms with van der Waals surface area (Å²) in [6.45, 7) is 4.73. The first-order chi connectivity index (χ1) is 6.22. The Labute approximate surface area is 93.9 Å². The summed E-state index contributed by atoms with van der Waals surface area (Å²) >= 11 is 5.38. The van der Waals surface area contributed by atoms with E-state index in [4.69, 9.17) is 0 Å². The van der Waals surface area contributed by atoms with E-state index in [2.05, 4.69) is 34.1 Å². The number of rotatable bonds is 4. The maximum Gasteiger partial charge on any atom is 0.0268 e. The highest BCUT2D eigenvalue weighted by atomic mass is 79.9. The van der Waals surface area contributed by atoms with E-state index in [0.717, 1.165) is 22.3 Å². The first-order valence-electron chi connectivity index (χ1n) is 4.82. The van der Waals surface area contributed by atoms with Gasteiger partial charge in [0.2, 0.25) is 0 Å². The van der Waals surface area contributed by atoms with E-state index in [9.17, 15) is 0 Å². The molecular weight excluding hydrogens is 246 g/mol. The van der Waals surface area contributed by atoms with Crippen LogP contribution in [0.2, 0.25) is 0 Å². The number of hydrogen-bond donors (Lipinski definition) is 1. The molecule has 0 aromatic carbocycles. The van der Waals surface area contributed by atoms with Crippen LogP contribution in [0.4, 0.5) is 0 Å². The molecule has 0 spiro atoms. The molecule has 0 aromatic heterocycles. The Morgan fingerprint density at radius 3 is 2.54 bits per heavy atom. The standard InChI is InChI=1S/C10H18BrNS/c1-8(11)7-12-9-3-5-10(13-2)6-4-9/h9-10,12H,1,3-7H2,2H3. The molecule has 1 aliphatic carbocycles. The Morgan fingerprint density at radius 1 is 1.46 bits per heavy atom. The van der Waals surface area contributed by atoms with Crippen LogP contribution in [0.5, 0.6) is 0 Å². The van der Waals surface area contributed by atoms with Crippen molar-refractivity contribution in [3.8, 4) is 0 Å². The van der Waals surface area contributed by atoms with Gasteiger partial charge in [0, 0.05) is 22.3 Å². The number of thioether (sulfide) groups is 1. The van der Waals surface area contributed by atoms with Gasteiger partial charge in [-0.15, -0.1) is 0 Å². The van der Waals surface area contributed by atoms with Crippen LogP contribution >= 0.6 is 27.7 Å². The molecule has 0 aliphatic heterocycles. The number of nitrogens with one attached hydrogen (secondary N) is 1.